The van der Waals surface area contributed by atoms with Crippen molar-refractivity contribution in [1.82, 2.24) is 19.8 Å². The molecule has 0 aliphatic rings. The van der Waals surface area contributed by atoms with E-state index in [2.05, 4.69) is 36.1 Å². The third-order valence-electron chi connectivity index (χ3n) is 3.15. The van der Waals surface area contributed by atoms with Gasteiger partial charge in [-0.15, -0.1) is 10.2 Å². The first kappa shape index (κ1) is 11.8. The molecule has 0 spiro atoms. The van der Waals surface area contributed by atoms with Gasteiger partial charge in [0, 0.05) is 17.2 Å². The van der Waals surface area contributed by atoms with Gasteiger partial charge in [-0.1, -0.05) is 32.9 Å². The minimum atomic E-state index is 0.0106. The zero-order chi connectivity index (χ0) is 13.6. The first-order valence-electron chi connectivity index (χ1n) is 6.20. The Bertz CT molecular complexity index is 733. The van der Waals surface area contributed by atoms with Crippen LogP contribution in [0.4, 0.5) is 0 Å². The minimum absolute atomic E-state index is 0.0106. The zero-order valence-electron chi connectivity index (χ0n) is 11.2. The minimum Gasteiger partial charge on any atom is -0.507 e. The summed E-state index contributed by atoms with van der Waals surface area (Å²) in [4.78, 5) is 0. The Morgan fingerprint density at radius 1 is 1.16 bits per heavy atom. The molecular weight excluding hydrogens is 240 g/mol. The summed E-state index contributed by atoms with van der Waals surface area (Å²) in [5.41, 5.74) is 2.51. The molecule has 0 radical (unpaired) electrons. The number of para-hydroxylation sites is 1. The summed E-state index contributed by atoms with van der Waals surface area (Å²) in [6.07, 6.45) is 0. The molecule has 0 aliphatic heterocycles. The zero-order valence-corrected chi connectivity index (χ0v) is 11.2. The lowest BCUT2D eigenvalue weighted by molar-refractivity contribution is 0.476. The maximum Gasteiger partial charge on any atom is 0.187 e. The number of aromatic hydroxyl groups is 1. The van der Waals surface area contributed by atoms with E-state index in [4.69, 9.17) is 0 Å². The molecular formula is C14H16N4O. The van der Waals surface area contributed by atoms with E-state index in [9.17, 15) is 5.11 Å². The molecule has 0 saturated carbocycles. The smallest absolute Gasteiger partial charge is 0.187 e. The number of aromatic amines is 1. The first-order valence-corrected chi connectivity index (χ1v) is 6.20. The summed E-state index contributed by atoms with van der Waals surface area (Å²) in [7, 11) is 0. The molecule has 3 aromatic rings. The molecule has 2 N–H and O–H groups in total. The number of nitrogens with zero attached hydrogens (tertiary/aromatic N) is 3. The van der Waals surface area contributed by atoms with Crippen LogP contribution in [0.15, 0.2) is 30.3 Å². The highest BCUT2D eigenvalue weighted by Crippen LogP contribution is 2.29. The second-order valence-electron chi connectivity index (χ2n) is 5.65. The van der Waals surface area contributed by atoms with Gasteiger partial charge in [0.1, 0.15) is 5.75 Å². The fourth-order valence-corrected chi connectivity index (χ4v) is 2.00. The second-order valence-corrected chi connectivity index (χ2v) is 5.65. The fraction of sp³-hybridized carbons (Fsp3) is 0.286. The molecule has 0 amide bonds. The van der Waals surface area contributed by atoms with Crippen LogP contribution in [0.25, 0.3) is 17.0 Å². The standard InChI is InChI=1S/C14H16N4O/c1-14(2,3)11-8-12-15-16-13(18(12)17-11)9-6-4-5-7-10(9)19/h4-8,17,19H,1-3H3. The number of aromatic nitrogens is 4. The predicted octanol–water partition coefficient (Wildman–Crippen LogP) is 2.73. The van der Waals surface area contributed by atoms with Gasteiger partial charge in [0.15, 0.2) is 11.5 Å². The van der Waals surface area contributed by atoms with Gasteiger partial charge in [-0.25, -0.2) is 4.52 Å². The second kappa shape index (κ2) is 3.85. The third kappa shape index (κ3) is 1.87. The number of hydrogen-bond donors (Lipinski definition) is 2. The molecule has 98 valence electrons. The summed E-state index contributed by atoms with van der Waals surface area (Å²) >= 11 is 0. The summed E-state index contributed by atoms with van der Waals surface area (Å²) in [5.74, 6) is 0.812. The Hall–Kier alpha value is -2.30. The molecule has 2 aromatic heterocycles. The van der Waals surface area contributed by atoms with Gasteiger partial charge in [-0.05, 0) is 12.1 Å². The summed E-state index contributed by atoms with van der Waals surface area (Å²) in [6.45, 7) is 6.39. The average molecular weight is 256 g/mol. The van der Waals surface area contributed by atoms with Crippen LogP contribution >= 0.6 is 0 Å². The van der Waals surface area contributed by atoms with Gasteiger partial charge in [-0.3, -0.25) is 5.10 Å². The molecule has 3 rings (SSSR count). The highest BCUT2D eigenvalue weighted by molar-refractivity contribution is 5.65. The molecule has 5 heteroatoms. The number of benzene rings is 1. The molecule has 19 heavy (non-hydrogen) atoms. The Morgan fingerprint density at radius 2 is 1.89 bits per heavy atom. The van der Waals surface area contributed by atoms with Crippen molar-refractivity contribution in [3.8, 4) is 17.1 Å². The average Bonchev–Trinajstić information content (AvgIpc) is 2.88. The van der Waals surface area contributed by atoms with Crippen LogP contribution in [-0.2, 0) is 5.41 Å². The van der Waals surface area contributed by atoms with Crippen LogP contribution in [-0.4, -0.2) is 24.9 Å². The molecule has 0 saturated heterocycles. The lowest BCUT2D eigenvalue weighted by Crippen LogP contribution is -2.12. The maximum atomic E-state index is 9.91. The molecule has 0 bridgehead atoms. The van der Waals surface area contributed by atoms with Crippen LogP contribution in [0, 0.1) is 0 Å². The van der Waals surface area contributed by atoms with E-state index in [-0.39, 0.29) is 11.2 Å². The van der Waals surface area contributed by atoms with E-state index in [0.717, 1.165) is 11.3 Å². The highest BCUT2D eigenvalue weighted by Gasteiger charge is 2.20. The normalized spacial score (nSPS) is 12.2. The van der Waals surface area contributed by atoms with Crippen molar-refractivity contribution >= 4 is 5.65 Å². The Labute approximate surface area is 110 Å². The molecule has 1 aromatic carbocycles. The Balaban J connectivity index is 2.21. The van der Waals surface area contributed by atoms with E-state index in [1.54, 1.807) is 16.6 Å². The monoisotopic (exact) mass is 256 g/mol. The predicted molar refractivity (Wildman–Crippen MR) is 73.1 cm³/mol. The summed E-state index contributed by atoms with van der Waals surface area (Å²) in [6, 6.07) is 9.10. The van der Waals surface area contributed by atoms with Crippen LogP contribution in [0.3, 0.4) is 0 Å². The van der Waals surface area contributed by atoms with Gasteiger partial charge in [-0.2, -0.15) is 0 Å². The van der Waals surface area contributed by atoms with Crippen LogP contribution in [0.5, 0.6) is 5.75 Å². The lowest BCUT2D eigenvalue weighted by Gasteiger charge is -2.15. The molecule has 0 fully saturated rings. The van der Waals surface area contributed by atoms with Gasteiger partial charge >= 0.3 is 0 Å². The van der Waals surface area contributed by atoms with Gasteiger partial charge in [0.05, 0.1) is 5.56 Å². The number of rotatable bonds is 1. The van der Waals surface area contributed by atoms with E-state index in [1.807, 2.05) is 18.2 Å². The van der Waals surface area contributed by atoms with E-state index in [1.165, 1.54) is 0 Å². The van der Waals surface area contributed by atoms with Gasteiger partial charge < -0.3 is 5.11 Å². The number of fused-ring (bicyclic) bond motifs is 1. The number of phenols is 1. The molecule has 0 atom stereocenters. The summed E-state index contributed by atoms with van der Waals surface area (Å²) in [5, 5.41) is 21.5. The van der Waals surface area contributed by atoms with Crippen molar-refractivity contribution in [3.63, 3.8) is 0 Å². The van der Waals surface area contributed by atoms with Gasteiger partial charge in [0.25, 0.3) is 0 Å². The number of H-pyrrole nitrogens is 1. The quantitative estimate of drug-likeness (QED) is 0.703. The van der Waals surface area contributed by atoms with E-state index < -0.39 is 0 Å². The molecule has 0 aliphatic carbocycles. The summed E-state index contributed by atoms with van der Waals surface area (Å²) < 4.78 is 1.80. The van der Waals surface area contributed by atoms with E-state index >= 15 is 0 Å². The fourth-order valence-electron chi connectivity index (χ4n) is 2.00. The highest BCUT2D eigenvalue weighted by atomic mass is 16.3. The van der Waals surface area contributed by atoms with Crippen LogP contribution < -0.4 is 0 Å². The third-order valence-corrected chi connectivity index (χ3v) is 3.15. The van der Waals surface area contributed by atoms with Gasteiger partial charge in [0.2, 0.25) is 0 Å². The first-order chi connectivity index (χ1) is 8.97. The van der Waals surface area contributed by atoms with Crippen molar-refractivity contribution in [1.29, 1.82) is 0 Å². The van der Waals surface area contributed by atoms with Crippen molar-refractivity contribution in [2.45, 2.75) is 26.2 Å². The number of phenolic OH excluding ortho intramolecular Hbond substituents is 1. The molecule has 0 unspecified atom stereocenters. The number of nitrogens with one attached hydrogen (secondary N) is 1. The molecule has 2 heterocycles. The van der Waals surface area contributed by atoms with E-state index in [0.29, 0.717) is 11.4 Å². The van der Waals surface area contributed by atoms with Crippen LogP contribution in [0.1, 0.15) is 26.5 Å². The Morgan fingerprint density at radius 3 is 2.58 bits per heavy atom. The van der Waals surface area contributed by atoms with Crippen molar-refractivity contribution in [3.05, 3.63) is 36.0 Å². The maximum absolute atomic E-state index is 9.91. The number of hydrogen-bond acceptors (Lipinski definition) is 3. The van der Waals surface area contributed by atoms with Crippen molar-refractivity contribution in [2.75, 3.05) is 0 Å². The van der Waals surface area contributed by atoms with Crippen molar-refractivity contribution in [2.24, 2.45) is 0 Å². The Kier molecular flexibility index (Phi) is 2.38. The largest absolute Gasteiger partial charge is 0.507 e. The molecule has 5 nitrogen and oxygen atoms in total. The lowest BCUT2D eigenvalue weighted by atomic mass is 9.93. The van der Waals surface area contributed by atoms with Crippen molar-refractivity contribution < 1.29 is 5.11 Å². The van der Waals surface area contributed by atoms with Crippen LogP contribution in [0.2, 0.25) is 0 Å². The topological polar surface area (TPSA) is 66.2 Å². The SMILES string of the molecule is CC(C)(C)c1cc2nnc(-c3ccccc3O)n2[nH]1.